The van der Waals surface area contributed by atoms with Crippen LogP contribution in [0.25, 0.3) is 0 Å². The van der Waals surface area contributed by atoms with Gasteiger partial charge in [0.05, 0.1) is 12.2 Å². The van der Waals surface area contributed by atoms with Gasteiger partial charge in [0, 0.05) is 19.1 Å². The Morgan fingerprint density at radius 3 is 2.67 bits per heavy atom. The van der Waals surface area contributed by atoms with Crippen molar-refractivity contribution in [3.05, 3.63) is 11.9 Å². The van der Waals surface area contributed by atoms with E-state index in [0.29, 0.717) is 13.1 Å². The van der Waals surface area contributed by atoms with Gasteiger partial charge in [-0.3, -0.25) is 0 Å². The molecule has 1 aromatic heterocycles. The van der Waals surface area contributed by atoms with Crippen molar-refractivity contribution < 1.29 is 14.7 Å². The average molecular weight is 311 g/mol. The molecule has 0 radical (unpaired) electrons. The highest BCUT2D eigenvalue weighted by atomic mass is 32.2. The smallest absolute Gasteiger partial charge is 0.358 e. The number of amides is 2. The van der Waals surface area contributed by atoms with Gasteiger partial charge in [-0.05, 0) is 24.3 Å². The summed E-state index contributed by atoms with van der Waals surface area (Å²) in [6.07, 6.45) is 3.46. The minimum atomic E-state index is -1.09. The van der Waals surface area contributed by atoms with Crippen molar-refractivity contribution in [2.75, 3.05) is 24.6 Å². The summed E-state index contributed by atoms with van der Waals surface area (Å²) in [6, 6.07) is 0.253. The number of aromatic carboxylic acids is 1. The fraction of sp³-hybridized carbons (Fsp3) is 0.667. The summed E-state index contributed by atoms with van der Waals surface area (Å²) in [5.74, 6) is 1.11. The molecular weight excluding hydrogens is 294 g/mol. The zero-order valence-corrected chi connectivity index (χ0v) is 12.3. The second-order valence-electron chi connectivity index (χ2n) is 5.28. The zero-order valence-electron chi connectivity index (χ0n) is 11.4. The minimum absolute atomic E-state index is 0.0123. The van der Waals surface area contributed by atoms with E-state index in [2.05, 4.69) is 15.6 Å². The molecule has 2 N–H and O–H groups in total. The van der Waals surface area contributed by atoms with Crippen LogP contribution in [0.4, 0.5) is 4.79 Å². The molecule has 0 spiro atoms. The molecule has 8 nitrogen and oxygen atoms in total. The molecule has 2 aliphatic heterocycles. The van der Waals surface area contributed by atoms with Crippen molar-refractivity contribution in [1.29, 1.82) is 0 Å². The van der Waals surface area contributed by atoms with Crippen LogP contribution in [0.1, 0.15) is 29.4 Å². The van der Waals surface area contributed by atoms with Crippen molar-refractivity contribution in [2.24, 2.45) is 0 Å². The maximum absolute atomic E-state index is 12.1. The van der Waals surface area contributed by atoms with E-state index in [1.807, 2.05) is 11.8 Å². The molecule has 2 saturated heterocycles. The number of nitrogens with one attached hydrogen (secondary N) is 1. The number of carboxylic acids is 1. The van der Waals surface area contributed by atoms with Gasteiger partial charge in [0.25, 0.3) is 0 Å². The van der Waals surface area contributed by atoms with Crippen LogP contribution in [-0.4, -0.2) is 67.6 Å². The lowest BCUT2D eigenvalue weighted by Crippen LogP contribution is -2.56. The van der Waals surface area contributed by atoms with Crippen LogP contribution in [0.3, 0.4) is 0 Å². The topological polar surface area (TPSA) is 100 Å². The van der Waals surface area contributed by atoms with Crippen molar-refractivity contribution in [3.63, 3.8) is 0 Å². The van der Waals surface area contributed by atoms with Gasteiger partial charge < -0.3 is 15.3 Å². The van der Waals surface area contributed by atoms with E-state index in [-0.39, 0.29) is 23.8 Å². The molecule has 9 heteroatoms. The number of rotatable bonds is 3. The summed E-state index contributed by atoms with van der Waals surface area (Å²) < 4.78 is 1.52. The van der Waals surface area contributed by atoms with Crippen LogP contribution in [0.2, 0.25) is 0 Å². The highest BCUT2D eigenvalue weighted by molar-refractivity contribution is 7.99. The normalized spacial score (nSPS) is 20.1. The van der Waals surface area contributed by atoms with E-state index in [9.17, 15) is 9.59 Å². The number of nitrogens with zero attached hydrogens (tertiary/aromatic N) is 4. The van der Waals surface area contributed by atoms with E-state index >= 15 is 0 Å². The third-order valence-corrected chi connectivity index (χ3v) is 4.85. The second-order valence-corrected chi connectivity index (χ2v) is 6.51. The molecule has 0 atom stereocenters. The first-order chi connectivity index (χ1) is 10.1. The molecule has 21 heavy (non-hydrogen) atoms. The Hall–Kier alpha value is -1.77. The first kappa shape index (κ1) is 14.2. The number of aromatic nitrogens is 3. The molecular formula is C12H17N5O3S. The van der Waals surface area contributed by atoms with Crippen LogP contribution in [0, 0.1) is 0 Å². The molecule has 0 aliphatic carbocycles. The maximum atomic E-state index is 12.1. The molecule has 2 aliphatic rings. The Balaban J connectivity index is 1.48. The second kappa shape index (κ2) is 5.92. The summed E-state index contributed by atoms with van der Waals surface area (Å²) >= 11 is 1.92. The van der Waals surface area contributed by atoms with Gasteiger partial charge >= 0.3 is 12.0 Å². The predicted molar refractivity (Wildman–Crippen MR) is 76.5 cm³/mol. The summed E-state index contributed by atoms with van der Waals surface area (Å²) in [5.41, 5.74) is -0.0717. The van der Waals surface area contributed by atoms with Gasteiger partial charge in [-0.1, -0.05) is 5.21 Å². The fourth-order valence-corrected chi connectivity index (χ4v) is 3.56. The molecule has 0 unspecified atom stereocenters. The molecule has 3 heterocycles. The minimum Gasteiger partial charge on any atom is -0.476 e. The van der Waals surface area contributed by atoms with Crippen molar-refractivity contribution in [2.45, 2.75) is 24.9 Å². The summed E-state index contributed by atoms with van der Waals surface area (Å²) in [6.45, 7) is 1.07. The highest BCUT2D eigenvalue weighted by Crippen LogP contribution is 2.22. The third kappa shape index (κ3) is 3.12. The number of urea groups is 1. The maximum Gasteiger partial charge on any atom is 0.358 e. The van der Waals surface area contributed by atoms with E-state index in [0.717, 1.165) is 24.3 Å². The van der Waals surface area contributed by atoms with E-state index in [1.165, 1.54) is 10.9 Å². The Kier molecular flexibility index (Phi) is 4.00. The average Bonchev–Trinajstić information content (AvgIpc) is 2.88. The Morgan fingerprint density at radius 2 is 2.05 bits per heavy atom. The number of carbonyl (C=O) groups is 2. The zero-order chi connectivity index (χ0) is 14.8. The lowest BCUT2D eigenvalue weighted by atomic mass is 10.1. The van der Waals surface area contributed by atoms with Gasteiger partial charge in [-0.25, -0.2) is 14.3 Å². The molecule has 0 saturated carbocycles. The van der Waals surface area contributed by atoms with Crippen LogP contribution < -0.4 is 5.32 Å². The van der Waals surface area contributed by atoms with Crippen LogP contribution in [0.15, 0.2) is 6.20 Å². The fourth-order valence-electron chi connectivity index (χ4n) is 2.45. The van der Waals surface area contributed by atoms with Crippen LogP contribution in [0.5, 0.6) is 0 Å². The quantitative estimate of drug-likeness (QED) is 0.840. The van der Waals surface area contributed by atoms with Gasteiger partial charge in [0.15, 0.2) is 5.69 Å². The van der Waals surface area contributed by atoms with Crippen molar-refractivity contribution >= 4 is 23.8 Å². The van der Waals surface area contributed by atoms with Gasteiger partial charge in [-0.2, -0.15) is 11.8 Å². The molecule has 2 amide bonds. The number of carbonyl (C=O) groups excluding carboxylic acids is 1. The van der Waals surface area contributed by atoms with Crippen LogP contribution in [-0.2, 0) is 0 Å². The monoisotopic (exact) mass is 311 g/mol. The van der Waals surface area contributed by atoms with Gasteiger partial charge in [0.2, 0.25) is 0 Å². The lowest BCUT2D eigenvalue weighted by Gasteiger charge is -2.39. The number of likely N-dealkylation sites (tertiary alicyclic amines) is 1. The molecule has 114 valence electrons. The summed E-state index contributed by atoms with van der Waals surface area (Å²) in [4.78, 5) is 24.5. The van der Waals surface area contributed by atoms with Crippen molar-refractivity contribution in [3.8, 4) is 0 Å². The largest absolute Gasteiger partial charge is 0.476 e. The molecule has 3 rings (SSSR count). The molecule has 0 bridgehead atoms. The third-order valence-electron chi connectivity index (χ3n) is 3.80. The number of hydrogen-bond acceptors (Lipinski definition) is 5. The molecule has 0 aromatic carbocycles. The predicted octanol–water partition coefficient (Wildman–Crippen LogP) is 0.438. The Bertz CT molecular complexity index is 537. The Morgan fingerprint density at radius 1 is 1.33 bits per heavy atom. The number of hydrogen-bond donors (Lipinski definition) is 2. The first-order valence-corrected chi connectivity index (χ1v) is 8.07. The number of carboxylic acid groups (broad SMARTS) is 1. The summed E-state index contributed by atoms with van der Waals surface area (Å²) in [5, 5.41) is 19.2. The van der Waals surface area contributed by atoms with Gasteiger partial charge in [0.1, 0.15) is 0 Å². The molecule has 1 aromatic rings. The highest BCUT2D eigenvalue weighted by Gasteiger charge is 2.34. The van der Waals surface area contributed by atoms with E-state index in [1.54, 1.807) is 4.90 Å². The van der Waals surface area contributed by atoms with Crippen molar-refractivity contribution in [1.82, 2.24) is 25.2 Å². The first-order valence-electron chi connectivity index (χ1n) is 6.92. The van der Waals surface area contributed by atoms with E-state index in [4.69, 9.17) is 5.11 Å². The summed E-state index contributed by atoms with van der Waals surface area (Å²) in [7, 11) is 0. The van der Waals surface area contributed by atoms with Crippen LogP contribution >= 0.6 is 11.8 Å². The lowest BCUT2D eigenvalue weighted by molar-refractivity contribution is 0.0690. The number of thioether (sulfide) groups is 1. The molecule has 2 fully saturated rings. The van der Waals surface area contributed by atoms with Gasteiger partial charge in [-0.15, -0.1) is 5.10 Å². The SMILES string of the molecule is O=C(O)c1cn(C2CN(C(=O)NC3CCSCC3)C2)nn1. The Labute approximate surface area is 125 Å². The standard InChI is InChI=1S/C12H17N5O3S/c18-11(19)10-7-17(15-14-10)9-5-16(6-9)12(20)13-8-1-3-21-4-2-8/h7-9H,1-6H2,(H,13,20)(H,18,19). The van der Waals surface area contributed by atoms with E-state index < -0.39 is 5.97 Å².